The maximum atomic E-state index is 10.6. The number of hydrogen-bond acceptors (Lipinski definition) is 6. The molecule has 2 aromatic rings. The number of ether oxygens (including phenoxy) is 2. The summed E-state index contributed by atoms with van der Waals surface area (Å²) in [5, 5.41) is 15.2. The maximum absolute atomic E-state index is 10.6. The van der Waals surface area contributed by atoms with E-state index in [1.54, 1.807) is 30.5 Å². The number of anilines is 1. The van der Waals surface area contributed by atoms with Crippen molar-refractivity contribution in [1.82, 2.24) is 0 Å². The second-order valence-corrected chi connectivity index (χ2v) is 6.01. The van der Waals surface area contributed by atoms with Gasteiger partial charge in [0.25, 0.3) is 5.69 Å². The third-order valence-corrected chi connectivity index (χ3v) is 3.45. The van der Waals surface area contributed by atoms with Crippen molar-refractivity contribution >= 4 is 29.2 Å². The van der Waals surface area contributed by atoms with Gasteiger partial charge in [0, 0.05) is 12.1 Å². The SMILES string of the molecule is CCOc1cc(/C=N/Nc2ccc([N+](=O)[O-])cc2)cc(Cl)c1OC(C)C. The first kappa shape index (κ1) is 19.5. The molecule has 0 atom stereocenters. The molecule has 2 rings (SSSR count). The van der Waals surface area contributed by atoms with Crippen LogP contribution >= 0.6 is 11.6 Å². The molecule has 2 aromatic carbocycles. The number of nitrogens with one attached hydrogen (secondary N) is 1. The van der Waals surface area contributed by atoms with E-state index < -0.39 is 4.92 Å². The van der Waals surface area contributed by atoms with Gasteiger partial charge in [0.15, 0.2) is 11.5 Å². The van der Waals surface area contributed by atoms with Gasteiger partial charge in [-0.05, 0) is 50.6 Å². The van der Waals surface area contributed by atoms with Crippen molar-refractivity contribution < 1.29 is 14.4 Å². The van der Waals surface area contributed by atoms with Crippen molar-refractivity contribution in [3.8, 4) is 11.5 Å². The first-order valence-corrected chi connectivity index (χ1v) is 8.45. The normalized spacial score (nSPS) is 11.0. The van der Waals surface area contributed by atoms with Crippen LogP contribution in [-0.4, -0.2) is 23.8 Å². The molecule has 0 aliphatic carbocycles. The minimum Gasteiger partial charge on any atom is -0.490 e. The number of nitro benzene ring substituents is 1. The average molecular weight is 378 g/mol. The molecule has 1 N–H and O–H groups in total. The fraction of sp³-hybridized carbons (Fsp3) is 0.278. The number of nitro groups is 1. The predicted molar refractivity (Wildman–Crippen MR) is 103 cm³/mol. The summed E-state index contributed by atoms with van der Waals surface area (Å²) in [6.07, 6.45) is 1.55. The summed E-state index contributed by atoms with van der Waals surface area (Å²) in [5.41, 5.74) is 4.18. The Hall–Kier alpha value is -2.80. The van der Waals surface area contributed by atoms with Gasteiger partial charge in [-0.3, -0.25) is 15.5 Å². The molecule has 0 saturated heterocycles. The summed E-state index contributed by atoms with van der Waals surface area (Å²) in [7, 11) is 0. The number of hydrogen-bond donors (Lipinski definition) is 1. The van der Waals surface area contributed by atoms with E-state index in [1.165, 1.54) is 12.1 Å². The highest BCUT2D eigenvalue weighted by Gasteiger charge is 2.13. The topological polar surface area (TPSA) is 86.0 Å². The second kappa shape index (κ2) is 9.05. The quantitative estimate of drug-likeness (QED) is 0.402. The van der Waals surface area contributed by atoms with Crippen LogP contribution in [0.4, 0.5) is 11.4 Å². The summed E-state index contributed by atoms with van der Waals surface area (Å²) < 4.78 is 11.3. The minimum atomic E-state index is -0.453. The van der Waals surface area contributed by atoms with E-state index in [9.17, 15) is 10.1 Å². The highest BCUT2D eigenvalue weighted by atomic mass is 35.5. The van der Waals surface area contributed by atoms with E-state index in [4.69, 9.17) is 21.1 Å². The van der Waals surface area contributed by atoms with E-state index in [0.29, 0.717) is 28.8 Å². The van der Waals surface area contributed by atoms with Gasteiger partial charge in [-0.15, -0.1) is 0 Å². The lowest BCUT2D eigenvalue weighted by atomic mass is 10.2. The number of rotatable bonds is 8. The van der Waals surface area contributed by atoms with Gasteiger partial charge in [0.1, 0.15) is 0 Å². The molecule has 8 heteroatoms. The van der Waals surface area contributed by atoms with Crippen LogP contribution in [0, 0.1) is 10.1 Å². The smallest absolute Gasteiger partial charge is 0.269 e. The maximum Gasteiger partial charge on any atom is 0.269 e. The molecule has 0 radical (unpaired) electrons. The van der Waals surface area contributed by atoms with E-state index >= 15 is 0 Å². The molecule has 7 nitrogen and oxygen atoms in total. The highest BCUT2D eigenvalue weighted by molar-refractivity contribution is 6.32. The number of hydrazone groups is 1. The molecular formula is C18H20ClN3O4. The number of non-ortho nitro benzene ring substituents is 1. The zero-order chi connectivity index (χ0) is 19.1. The fourth-order valence-corrected chi connectivity index (χ4v) is 2.38. The lowest BCUT2D eigenvalue weighted by molar-refractivity contribution is -0.384. The Morgan fingerprint density at radius 1 is 1.31 bits per heavy atom. The second-order valence-electron chi connectivity index (χ2n) is 5.60. The Bertz CT molecular complexity index is 792. The molecule has 0 fully saturated rings. The molecule has 0 bridgehead atoms. The molecule has 138 valence electrons. The van der Waals surface area contributed by atoms with Crippen LogP contribution in [0.15, 0.2) is 41.5 Å². The van der Waals surface area contributed by atoms with Crippen LogP contribution < -0.4 is 14.9 Å². The number of halogens is 1. The van der Waals surface area contributed by atoms with Gasteiger partial charge in [-0.1, -0.05) is 11.6 Å². The lowest BCUT2D eigenvalue weighted by Crippen LogP contribution is -2.08. The summed E-state index contributed by atoms with van der Waals surface area (Å²) in [5.74, 6) is 1.05. The van der Waals surface area contributed by atoms with Crippen molar-refractivity contribution in [3.63, 3.8) is 0 Å². The Kier molecular flexibility index (Phi) is 6.80. The molecular weight excluding hydrogens is 358 g/mol. The molecule has 0 saturated carbocycles. The molecule has 0 aromatic heterocycles. The average Bonchev–Trinajstić information content (AvgIpc) is 2.58. The van der Waals surface area contributed by atoms with E-state index in [2.05, 4.69) is 10.5 Å². The third-order valence-electron chi connectivity index (χ3n) is 3.17. The molecule has 0 spiro atoms. The fourth-order valence-electron chi connectivity index (χ4n) is 2.11. The van der Waals surface area contributed by atoms with E-state index in [1.807, 2.05) is 20.8 Å². The van der Waals surface area contributed by atoms with Crippen LogP contribution in [-0.2, 0) is 0 Å². The van der Waals surface area contributed by atoms with E-state index in [0.717, 1.165) is 5.56 Å². The van der Waals surface area contributed by atoms with Gasteiger partial charge >= 0.3 is 0 Å². The highest BCUT2D eigenvalue weighted by Crippen LogP contribution is 2.37. The van der Waals surface area contributed by atoms with Crippen LogP contribution in [0.3, 0.4) is 0 Å². The zero-order valence-corrected chi connectivity index (χ0v) is 15.5. The summed E-state index contributed by atoms with van der Waals surface area (Å²) in [4.78, 5) is 10.2. The first-order valence-electron chi connectivity index (χ1n) is 8.07. The van der Waals surface area contributed by atoms with Crippen molar-refractivity contribution in [1.29, 1.82) is 0 Å². The van der Waals surface area contributed by atoms with Gasteiger partial charge in [-0.25, -0.2) is 0 Å². The monoisotopic (exact) mass is 377 g/mol. The van der Waals surface area contributed by atoms with Crippen molar-refractivity contribution in [2.24, 2.45) is 5.10 Å². The van der Waals surface area contributed by atoms with Gasteiger partial charge < -0.3 is 9.47 Å². The van der Waals surface area contributed by atoms with E-state index in [-0.39, 0.29) is 11.8 Å². The molecule has 0 heterocycles. The van der Waals surface area contributed by atoms with Crippen molar-refractivity contribution in [2.75, 3.05) is 12.0 Å². The number of nitrogens with zero attached hydrogens (tertiary/aromatic N) is 2. The summed E-state index contributed by atoms with van der Waals surface area (Å²) in [6, 6.07) is 9.47. The first-order chi connectivity index (χ1) is 12.4. The van der Waals surface area contributed by atoms with Gasteiger partial charge in [0.2, 0.25) is 0 Å². The molecule has 0 aliphatic rings. The van der Waals surface area contributed by atoms with Gasteiger partial charge in [-0.2, -0.15) is 5.10 Å². The lowest BCUT2D eigenvalue weighted by Gasteiger charge is -2.16. The molecule has 0 unspecified atom stereocenters. The Balaban J connectivity index is 2.15. The Labute approximate surface area is 156 Å². The van der Waals surface area contributed by atoms with Crippen LogP contribution in [0.25, 0.3) is 0 Å². The predicted octanol–water partition coefficient (Wildman–Crippen LogP) is 4.88. The standard InChI is InChI=1S/C18H20ClN3O4/c1-4-25-17-10-13(9-16(19)18(17)26-12(2)3)11-20-21-14-5-7-15(8-6-14)22(23)24/h5-12,21H,4H2,1-3H3/b20-11+. The van der Waals surface area contributed by atoms with Crippen LogP contribution in [0.2, 0.25) is 5.02 Å². The summed E-state index contributed by atoms with van der Waals surface area (Å²) >= 11 is 6.31. The van der Waals surface area contributed by atoms with Crippen LogP contribution in [0.5, 0.6) is 11.5 Å². The third kappa shape index (κ3) is 5.35. The Morgan fingerprint density at radius 2 is 2.00 bits per heavy atom. The molecule has 26 heavy (non-hydrogen) atoms. The number of benzene rings is 2. The molecule has 0 aliphatic heterocycles. The van der Waals surface area contributed by atoms with Crippen molar-refractivity contribution in [2.45, 2.75) is 26.9 Å². The van der Waals surface area contributed by atoms with Crippen molar-refractivity contribution in [3.05, 3.63) is 57.1 Å². The van der Waals surface area contributed by atoms with Crippen LogP contribution in [0.1, 0.15) is 26.3 Å². The molecule has 0 amide bonds. The summed E-state index contributed by atoms with van der Waals surface area (Å²) in [6.45, 7) is 6.18. The Morgan fingerprint density at radius 3 is 2.58 bits per heavy atom. The minimum absolute atomic E-state index is 0.0217. The zero-order valence-electron chi connectivity index (χ0n) is 14.7. The van der Waals surface area contributed by atoms with Gasteiger partial charge in [0.05, 0.1) is 34.6 Å². The largest absolute Gasteiger partial charge is 0.490 e.